The lowest BCUT2D eigenvalue weighted by molar-refractivity contribution is -0.133. The van der Waals surface area contributed by atoms with Crippen LogP contribution in [0.15, 0.2) is 24.8 Å². The minimum absolute atomic E-state index is 0.124. The zero-order valence-electron chi connectivity index (χ0n) is 10.8. The summed E-state index contributed by atoms with van der Waals surface area (Å²) in [5.74, 6) is 0.124. The van der Waals surface area contributed by atoms with Crippen molar-refractivity contribution in [1.29, 1.82) is 0 Å². The molecule has 0 N–H and O–H groups in total. The van der Waals surface area contributed by atoms with E-state index in [9.17, 15) is 4.79 Å². The van der Waals surface area contributed by atoms with Crippen molar-refractivity contribution in [3.63, 3.8) is 0 Å². The predicted octanol–water partition coefficient (Wildman–Crippen LogP) is 1.84. The lowest BCUT2D eigenvalue weighted by atomic mass is 10.3. The van der Waals surface area contributed by atoms with E-state index in [1.807, 2.05) is 4.90 Å². The maximum Gasteiger partial charge on any atom is 0.244 e. The summed E-state index contributed by atoms with van der Waals surface area (Å²) in [4.78, 5) is 20.7. The average Bonchev–Trinajstić information content (AvgIpc) is 2.94. The molecule has 6 heteroatoms. The molecule has 19 heavy (non-hydrogen) atoms. The fourth-order valence-corrected chi connectivity index (χ4v) is 2.98. The van der Waals surface area contributed by atoms with E-state index in [-0.39, 0.29) is 12.5 Å². The zero-order valence-corrected chi connectivity index (χ0v) is 11.6. The van der Waals surface area contributed by atoms with Crippen LogP contribution in [0.25, 0.3) is 0 Å². The molecule has 1 saturated carbocycles. The van der Waals surface area contributed by atoms with Gasteiger partial charge in [-0.2, -0.15) is 5.10 Å². The van der Waals surface area contributed by atoms with Gasteiger partial charge in [-0.25, -0.2) is 9.67 Å². The van der Waals surface area contributed by atoms with Gasteiger partial charge in [0, 0.05) is 15.8 Å². The van der Waals surface area contributed by atoms with E-state index in [1.54, 1.807) is 22.3 Å². The van der Waals surface area contributed by atoms with E-state index in [1.165, 1.54) is 16.1 Å². The lowest BCUT2D eigenvalue weighted by Gasteiger charge is -2.21. The van der Waals surface area contributed by atoms with Crippen molar-refractivity contribution in [1.82, 2.24) is 19.7 Å². The quantitative estimate of drug-likeness (QED) is 0.837. The van der Waals surface area contributed by atoms with E-state index < -0.39 is 0 Å². The third-order valence-electron chi connectivity index (χ3n) is 3.19. The van der Waals surface area contributed by atoms with Gasteiger partial charge >= 0.3 is 0 Å². The predicted molar refractivity (Wildman–Crippen MR) is 72.7 cm³/mol. The van der Waals surface area contributed by atoms with E-state index >= 15 is 0 Å². The third-order valence-corrected chi connectivity index (χ3v) is 4.18. The first-order chi connectivity index (χ1) is 9.22. The summed E-state index contributed by atoms with van der Waals surface area (Å²) in [6, 6.07) is 4.63. The lowest BCUT2D eigenvalue weighted by Crippen LogP contribution is -2.35. The van der Waals surface area contributed by atoms with Crippen LogP contribution in [0, 0.1) is 6.92 Å². The SMILES string of the molecule is Cc1ccc(CN(C(=O)Cn2cncn2)C2CC2)s1. The molecule has 3 rings (SSSR count). The molecule has 0 aliphatic heterocycles. The van der Waals surface area contributed by atoms with Crippen molar-refractivity contribution >= 4 is 17.2 Å². The number of thiophene rings is 1. The van der Waals surface area contributed by atoms with Crippen molar-refractivity contribution in [3.8, 4) is 0 Å². The van der Waals surface area contributed by atoms with Crippen LogP contribution in [0.4, 0.5) is 0 Å². The molecule has 0 aromatic carbocycles. The van der Waals surface area contributed by atoms with Crippen LogP contribution in [0.3, 0.4) is 0 Å². The Labute approximate surface area is 115 Å². The molecule has 0 saturated heterocycles. The number of hydrogen-bond acceptors (Lipinski definition) is 4. The fraction of sp³-hybridized carbons (Fsp3) is 0.462. The Morgan fingerprint density at radius 3 is 2.95 bits per heavy atom. The van der Waals surface area contributed by atoms with Crippen LogP contribution in [0.5, 0.6) is 0 Å². The molecule has 1 aliphatic carbocycles. The maximum absolute atomic E-state index is 12.3. The number of carbonyl (C=O) groups excluding carboxylic acids is 1. The number of amides is 1. The molecule has 0 bridgehead atoms. The highest BCUT2D eigenvalue weighted by molar-refractivity contribution is 7.11. The Morgan fingerprint density at radius 2 is 2.37 bits per heavy atom. The summed E-state index contributed by atoms with van der Waals surface area (Å²) in [5.41, 5.74) is 0. The molecular weight excluding hydrogens is 260 g/mol. The molecule has 2 heterocycles. The summed E-state index contributed by atoms with van der Waals surface area (Å²) in [6.07, 6.45) is 5.27. The summed E-state index contributed by atoms with van der Waals surface area (Å²) in [7, 11) is 0. The van der Waals surface area contributed by atoms with Gasteiger partial charge in [-0.3, -0.25) is 4.79 Å². The van der Waals surface area contributed by atoms with Gasteiger partial charge in [0.25, 0.3) is 0 Å². The van der Waals surface area contributed by atoms with Gasteiger partial charge in [0.1, 0.15) is 19.2 Å². The molecular formula is C13H16N4OS. The number of nitrogens with zero attached hydrogens (tertiary/aromatic N) is 4. The summed E-state index contributed by atoms with van der Waals surface area (Å²) < 4.78 is 1.58. The zero-order chi connectivity index (χ0) is 13.2. The number of aromatic nitrogens is 3. The van der Waals surface area contributed by atoms with Crippen LogP contribution < -0.4 is 0 Å². The number of carbonyl (C=O) groups is 1. The molecule has 1 amide bonds. The fourth-order valence-electron chi connectivity index (χ4n) is 2.09. The molecule has 0 unspecified atom stereocenters. The standard InChI is InChI=1S/C13H16N4OS/c1-10-2-5-12(19-10)6-17(11-3-4-11)13(18)7-16-9-14-8-15-16/h2,5,8-9,11H,3-4,6-7H2,1H3. The van der Waals surface area contributed by atoms with Crippen LogP contribution in [-0.2, 0) is 17.9 Å². The second kappa shape index (κ2) is 5.13. The normalized spacial score (nSPS) is 14.6. The highest BCUT2D eigenvalue weighted by atomic mass is 32.1. The molecule has 2 aromatic rings. The van der Waals surface area contributed by atoms with Crippen molar-refractivity contribution in [2.75, 3.05) is 0 Å². The first-order valence-electron chi connectivity index (χ1n) is 6.39. The van der Waals surface area contributed by atoms with Gasteiger partial charge in [-0.1, -0.05) is 0 Å². The van der Waals surface area contributed by atoms with Gasteiger partial charge in [0.2, 0.25) is 5.91 Å². The van der Waals surface area contributed by atoms with E-state index in [4.69, 9.17) is 0 Å². The minimum atomic E-state index is 0.124. The van der Waals surface area contributed by atoms with Gasteiger partial charge in [0.15, 0.2) is 0 Å². The largest absolute Gasteiger partial charge is 0.333 e. The molecule has 0 spiro atoms. The van der Waals surface area contributed by atoms with Gasteiger partial charge in [-0.15, -0.1) is 11.3 Å². The smallest absolute Gasteiger partial charge is 0.244 e. The van der Waals surface area contributed by atoms with Crippen molar-refractivity contribution in [2.24, 2.45) is 0 Å². The second-order valence-electron chi connectivity index (χ2n) is 4.86. The number of aryl methyl sites for hydroxylation is 1. The van der Waals surface area contributed by atoms with Crippen LogP contribution >= 0.6 is 11.3 Å². The summed E-state index contributed by atoms with van der Waals surface area (Å²) >= 11 is 1.76. The Balaban J connectivity index is 1.68. The van der Waals surface area contributed by atoms with Crippen molar-refractivity contribution in [2.45, 2.75) is 38.9 Å². The Kier molecular flexibility index (Phi) is 3.33. The molecule has 1 aliphatic rings. The summed E-state index contributed by atoms with van der Waals surface area (Å²) in [6.45, 7) is 3.09. The topological polar surface area (TPSA) is 51.0 Å². The molecule has 2 aromatic heterocycles. The van der Waals surface area contributed by atoms with Crippen LogP contribution in [0.1, 0.15) is 22.6 Å². The number of rotatable bonds is 5. The maximum atomic E-state index is 12.3. The van der Waals surface area contributed by atoms with E-state index in [2.05, 4.69) is 29.1 Å². The number of hydrogen-bond donors (Lipinski definition) is 0. The molecule has 0 atom stereocenters. The highest BCUT2D eigenvalue weighted by Crippen LogP contribution is 2.30. The summed E-state index contributed by atoms with van der Waals surface area (Å²) in [5, 5.41) is 3.99. The van der Waals surface area contributed by atoms with Gasteiger partial charge in [-0.05, 0) is 31.9 Å². The molecule has 100 valence electrons. The van der Waals surface area contributed by atoms with Gasteiger partial charge < -0.3 is 4.90 Å². The minimum Gasteiger partial charge on any atom is -0.333 e. The first kappa shape index (κ1) is 12.3. The first-order valence-corrected chi connectivity index (χ1v) is 7.21. The van der Waals surface area contributed by atoms with Crippen molar-refractivity contribution < 1.29 is 4.79 Å². The van der Waals surface area contributed by atoms with Crippen molar-refractivity contribution in [3.05, 3.63) is 34.5 Å². The van der Waals surface area contributed by atoms with E-state index in [0.717, 1.165) is 19.4 Å². The molecule has 1 fully saturated rings. The monoisotopic (exact) mass is 276 g/mol. The van der Waals surface area contributed by atoms with Gasteiger partial charge in [0.05, 0.1) is 6.54 Å². The van der Waals surface area contributed by atoms with Crippen LogP contribution in [0.2, 0.25) is 0 Å². The third kappa shape index (κ3) is 3.01. The Bertz CT molecular complexity index is 559. The second-order valence-corrected chi connectivity index (χ2v) is 6.23. The Morgan fingerprint density at radius 1 is 1.53 bits per heavy atom. The highest BCUT2D eigenvalue weighted by Gasteiger charge is 2.32. The average molecular weight is 276 g/mol. The Hall–Kier alpha value is -1.69. The molecule has 0 radical (unpaired) electrons. The van der Waals surface area contributed by atoms with E-state index in [0.29, 0.717) is 6.04 Å². The molecule has 5 nitrogen and oxygen atoms in total. The van der Waals surface area contributed by atoms with Crippen LogP contribution in [-0.4, -0.2) is 31.6 Å².